The summed E-state index contributed by atoms with van der Waals surface area (Å²) in [6.45, 7) is 1.47. The van der Waals surface area contributed by atoms with E-state index in [0.717, 1.165) is 5.56 Å². The van der Waals surface area contributed by atoms with Gasteiger partial charge in [-0.3, -0.25) is 24.6 Å². The highest BCUT2D eigenvalue weighted by molar-refractivity contribution is 6.05. The number of hydrogen-bond acceptors (Lipinski definition) is 6. The van der Waals surface area contributed by atoms with Crippen LogP contribution in [0.15, 0.2) is 82.6 Å². The van der Waals surface area contributed by atoms with Crippen LogP contribution in [0.25, 0.3) is 0 Å². The maximum absolute atomic E-state index is 13.6. The number of allylic oxidation sites excluding steroid dienone is 1. The summed E-state index contributed by atoms with van der Waals surface area (Å²) in [7, 11) is 0. The quantitative estimate of drug-likeness (QED) is 0.445. The van der Waals surface area contributed by atoms with Crippen LogP contribution >= 0.6 is 0 Å². The van der Waals surface area contributed by atoms with Gasteiger partial charge < -0.3 is 9.73 Å². The zero-order valence-corrected chi connectivity index (χ0v) is 17.9. The molecule has 0 unspecified atom stereocenters. The number of amides is 1. The van der Waals surface area contributed by atoms with Crippen molar-refractivity contribution >= 4 is 28.8 Å². The van der Waals surface area contributed by atoms with E-state index in [0.29, 0.717) is 34.8 Å². The minimum atomic E-state index is -0.706. The van der Waals surface area contributed by atoms with Gasteiger partial charge in [0.05, 0.1) is 22.6 Å². The first-order valence-corrected chi connectivity index (χ1v) is 10.6. The van der Waals surface area contributed by atoms with Gasteiger partial charge in [-0.1, -0.05) is 24.3 Å². The van der Waals surface area contributed by atoms with E-state index in [9.17, 15) is 19.7 Å². The summed E-state index contributed by atoms with van der Waals surface area (Å²) in [5.74, 6) is -0.0657. The lowest BCUT2D eigenvalue weighted by Gasteiger charge is -2.33. The molecule has 0 radical (unpaired) electrons. The first kappa shape index (κ1) is 20.7. The smallest absolute Gasteiger partial charge is 0.269 e. The Morgan fingerprint density at radius 3 is 2.67 bits per heavy atom. The number of para-hydroxylation sites is 2. The molecule has 1 amide bonds. The molecule has 1 aromatic heterocycles. The first-order valence-electron chi connectivity index (χ1n) is 10.6. The van der Waals surface area contributed by atoms with Crippen molar-refractivity contribution in [1.29, 1.82) is 0 Å². The van der Waals surface area contributed by atoms with Crippen LogP contribution in [-0.2, 0) is 9.59 Å². The van der Waals surface area contributed by atoms with Gasteiger partial charge in [-0.15, -0.1) is 0 Å². The van der Waals surface area contributed by atoms with E-state index in [2.05, 4.69) is 5.32 Å². The molecule has 0 spiro atoms. The Morgan fingerprint density at radius 2 is 1.94 bits per heavy atom. The van der Waals surface area contributed by atoms with Gasteiger partial charge in [0, 0.05) is 36.7 Å². The number of nitro benzene ring substituents is 1. The van der Waals surface area contributed by atoms with Gasteiger partial charge in [0.2, 0.25) is 5.91 Å². The van der Waals surface area contributed by atoms with Crippen molar-refractivity contribution in [3.63, 3.8) is 0 Å². The summed E-state index contributed by atoms with van der Waals surface area (Å²) >= 11 is 0. The molecule has 0 saturated carbocycles. The molecule has 2 aromatic carbocycles. The number of nitrogens with zero attached hydrogens (tertiary/aromatic N) is 2. The molecule has 33 heavy (non-hydrogen) atoms. The lowest BCUT2D eigenvalue weighted by atomic mass is 9.79. The normalized spacial score (nSPS) is 19.9. The molecule has 0 fully saturated rings. The van der Waals surface area contributed by atoms with Gasteiger partial charge in [0.25, 0.3) is 5.69 Å². The summed E-state index contributed by atoms with van der Waals surface area (Å²) in [5.41, 5.74) is 3.28. The van der Waals surface area contributed by atoms with Crippen molar-refractivity contribution in [3.8, 4) is 0 Å². The highest BCUT2D eigenvalue weighted by Gasteiger charge is 2.42. The molecule has 1 aliphatic heterocycles. The predicted octanol–water partition coefficient (Wildman–Crippen LogP) is 5.11. The van der Waals surface area contributed by atoms with E-state index >= 15 is 0 Å². The second-order valence-corrected chi connectivity index (χ2v) is 8.22. The molecule has 166 valence electrons. The summed E-state index contributed by atoms with van der Waals surface area (Å²) in [6.07, 6.45) is 2.18. The largest absolute Gasteiger partial charge is 0.467 e. The number of fused-ring (bicyclic) bond motifs is 1. The number of anilines is 2. The number of hydrogen-bond donors (Lipinski definition) is 1. The Bertz CT molecular complexity index is 1290. The van der Waals surface area contributed by atoms with Crippen LogP contribution in [0.2, 0.25) is 0 Å². The number of nitrogens with one attached hydrogen (secondary N) is 1. The Hall–Kier alpha value is -4.20. The SMILES string of the molecule is CC(=O)N1c2ccccc2NC2=C(C(=O)C[C@H](c3cccc([N+](=O)[O-])c3)C2)[C@H]1c1ccco1. The van der Waals surface area contributed by atoms with Gasteiger partial charge in [0.1, 0.15) is 11.8 Å². The monoisotopic (exact) mass is 443 g/mol. The molecular weight excluding hydrogens is 422 g/mol. The molecule has 0 saturated heterocycles. The maximum Gasteiger partial charge on any atom is 0.269 e. The molecular formula is C25H21N3O5. The average molecular weight is 443 g/mol. The van der Waals surface area contributed by atoms with E-state index in [1.54, 1.807) is 23.1 Å². The van der Waals surface area contributed by atoms with Crippen LogP contribution in [0, 0.1) is 10.1 Å². The average Bonchev–Trinajstić information content (AvgIpc) is 3.28. The van der Waals surface area contributed by atoms with Crippen LogP contribution in [0.5, 0.6) is 0 Å². The molecule has 1 N–H and O–H groups in total. The van der Waals surface area contributed by atoms with Gasteiger partial charge in [-0.05, 0) is 42.2 Å². The number of furan rings is 1. The molecule has 1 aliphatic carbocycles. The third-order valence-electron chi connectivity index (χ3n) is 6.19. The third-order valence-corrected chi connectivity index (χ3v) is 6.19. The van der Waals surface area contributed by atoms with E-state index in [-0.39, 0.29) is 29.7 Å². The van der Waals surface area contributed by atoms with Crippen molar-refractivity contribution in [2.75, 3.05) is 10.2 Å². The third kappa shape index (κ3) is 3.59. The minimum absolute atomic E-state index is 0.00452. The van der Waals surface area contributed by atoms with Crippen molar-refractivity contribution < 1.29 is 18.9 Å². The van der Waals surface area contributed by atoms with Gasteiger partial charge in [-0.25, -0.2) is 0 Å². The lowest BCUT2D eigenvalue weighted by molar-refractivity contribution is -0.384. The van der Waals surface area contributed by atoms with Crippen LogP contribution in [-0.4, -0.2) is 16.6 Å². The number of carbonyl (C=O) groups excluding carboxylic acids is 2. The van der Waals surface area contributed by atoms with Gasteiger partial charge >= 0.3 is 0 Å². The molecule has 2 aliphatic rings. The van der Waals surface area contributed by atoms with Crippen molar-refractivity contribution in [2.45, 2.75) is 31.7 Å². The maximum atomic E-state index is 13.6. The fourth-order valence-corrected chi connectivity index (χ4v) is 4.78. The van der Waals surface area contributed by atoms with Crippen LogP contribution in [0.3, 0.4) is 0 Å². The van der Waals surface area contributed by atoms with Crippen molar-refractivity contribution in [1.82, 2.24) is 0 Å². The molecule has 2 atom stereocenters. The van der Waals surface area contributed by atoms with E-state index < -0.39 is 11.0 Å². The van der Waals surface area contributed by atoms with E-state index in [1.807, 2.05) is 30.3 Å². The van der Waals surface area contributed by atoms with Crippen molar-refractivity contribution in [3.05, 3.63) is 99.6 Å². The number of rotatable bonds is 3. The van der Waals surface area contributed by atoms with Gasteiger partial charge in [0.15, 0.2) is 5.78 Å². The predicted molar refractivity (Wildman–Crippen MR) is 122 cm³/mol. The summed E-state index contributed by atoms with van der Waals surface area (Å²) in [5, 5.41) is 14.6. The Morgan fingerprint density at radius 1 is 1.12 bits per heavy atom. The number of Topliss-reactive ketones (excluding diaryl/α,β-unsaturated/α-hetero) is 1. The summed E-state index contributed by atoms with van der Waals surface area (Å²) < 4.78 is 5.69. The lowest BCUT2D eigenvalue weighted by Crippen LogP contribution is -2.37. The highest BCUT2D eigenvalue weighted by Crippen LogP contribution is 2.47. The Labute approximate surface area is 189 Å². The van der Waals surface area contributed by atoms with E-state index in [4.69, 9.17) is 4.42 Å². The number of benzene rings is 2. The minimum Gasteiger partial charge on any atom is -0.467 e. The van der Waals surface area contributed by atoms with E-state index in [1.165, 1.54) is 25.3 Å². The second kappa shape index (κ2) is 8.05. The van der Waals surface area contributed by atoms with Gasteiger partial charge in [-0.2, -0.15) is 0 Å². The first-order chi connectivity index (χ1) is 15.9. The zero-order chi connectivity index (χ0) is 23.1. The van der Waals surface area contributed by atoms with Crippen LogP contribution in [0.1, 0.15) is 43.0 Å². The highest BCUT2D eigenvalue weighted by atomic mass is 16.6. The zero-order valence-electron chi connectivity index (χ0n) is 17.9. The van der Waals surface area contributed by atoms with Crippen LogP contribution < -0.4 is 10.2 Å². The Balaban J connectivity index is 1.66. The molecule has 0 bridgehead atoms. The molecule has 3 aromatic rings. The number of ketones is 1. The molecule has 8 nitrogen and oxygen atoms in total. The molecule has 2 heterocycles. The molecule has 8 heteroatoms. The number of non-ortho nitro benzene ring substituents is 1. The topological polar surface area (TPSA) is 106 Å². The standard InChI is InChI=1S/C25H21N3O5/c1-15(29)27-21-9-3-2-8-19(21)26-20-13-17(16-6-4-7-18(12-16)28(31)32)14-22(30)24(20)25(27)23-10-5-11-33-23/h2-12,17,25-26H,13-14H2,1H3/t17-,25-/m1/s1. The van der Waals surface area contributed by atoms with Crippen LogP contribution in [0.4, 0.5) is 17.1 Å². The fourth-order valence-electron chi connectivity index (χ4n) is 4.78. The summed E-state index contributed by atoms with van der Waals surface area (Å²) in [4.78, 5) is 38.9. The number of nitro groups is 1. The Kier molecular flexibility index (Phi) is 5.05. The second-order valence-electron chi connectivity index (χ2n) is 8.22. The van der Waals surface area contributed by atoms with Crippen molar-refractivity contribution in [2.24, 2.45) is 0 Å². The summed E-state index contributed by atoms with van der Waals surface area (Å²) in [6, 6.07) is 16.6. The molecule has 5 rings (SSSR count). The number of carbonyl (C=O) groups is 2. The fraction of sp³-hybridized carbons (Fsp3) is 0.200.